The van der Waals surface area contributed by atoms with E-state index < -0.39 is 0 Å². The molecule has 0 saturated carbocycles. The normalized spacial score (nSPS) is 24.7. The van der Waals surface area contributed by atoms with Gasteiger partial charge in [0.1, 0.15) is 0 Å². The standard InChI is InChI=1S/C12H21N/c1-9(2)13-11(4)12-7-5-10(3)6-8-12/h5,7-11,13H,6H2,1-4H3. The summed E-state index contributed by atoms with van der Waals surface area (Å²) in [4.78, 5) is 0. The largest absolute Gasteiger partial charge is 0.308 e. The van der Waals surface area contributed by atoms with Gasteiger partial charge in [0.05, 0.1) is 0 Å². The van der Waals surface area contributed by atoms with E-state index in [0.717, 1.165) is 5.92 Å². The van der Waals surface area contributed by atoms with Crippen LogP contribution in [0.15, 0.2) is 23.8 Å². The van der Waals surface area contributed by atoms with E-state index >= 15 is 0 Å². The minimum atomic E-state index is 0.490. The molecule has 0 amide bonds. The fraction of sp³-hybridized carbons (Fsp3) is 0.667. The first kappa shape index (κ1) is 10.5. The maximum atomic E-state index is 3.51. The van der Waals surface area contributed by atoms with Gasteiger partial charge in [-0.3, -0.25) is 0 Å². The van der Waals surface area contributed by atoms with Crippen LogP contribution in [0.1, 0.15) is 34.1 Å². The van der Waals surface area contributed by atoms with E-state index in [1.54, 1.807) is 0 Å². The second-order valence-electron chi connectivity index (χ2n) is 4.32. The van der Waals surface area contributed by atoms with E-state index in [2.05, 4.69) is 51.2 Å². The van der Waals surface area contributed by atoms with E-state index in [1.165, 1.54) is 12.0 Å². The van der Waals surface area contributed by atoms with Crippen molar-refractivity contribution in [3.63, 3.8) is 0 Å². The molecule has 0 saturated heterocycles. The van der Waals surface area contributed by atoms with Crippen LogP contribution in [0.3, 0.4) is 0 Å². The van der Waals surface area contributed by atoms with Crippen molar-refractivity contribution in [2.24, 2.45) is 5.92 Å². The molecule has 0 aromatic heterocycles. The van der Waals surface area contributed by atoms with Crippen molar-refractivity contribution in [3.8, 4) is 0 Å². The van der Waals surface area contributed by atoms with Crippen molar-refractivity contribution >= 4 is 0 Å². The Balaban J connectivity index is 2.49. The molecule has 13 heavy (non-hydrogen) atoms. The van der Waals surface area contributed by atoms with E-state index in [4.69, 9.17) is 0 Å². The van der Waals surface area contributed by atoms with Crippen molar-refractivity contribution in [1.82, 2.24) is 5.32 Å². The van der Waals surface area contributed by atoms with Gasteiger partial charge in [0.15, 0.2) is 0 Å². The van der Waals surface area contributed by atoms with Gasteiger partial charge in [-0.25, -0.2) is 0 Å². The fourth-order valence-electron chi connectivity index (χ4n) is 1.66. The third-order valence-electron chi connectivity index (χ3n) is 2.43. The molecule has 0 fully saturated rings. The average molecular weight is 179 g/mol. The molecule has 2 unspecified atom stereocenters. The van der Waals surface area contributed by atoms with Crippen LogP contribution in [-0.2, 0) is 0 Å². The van der Waals surface area contributed by atoms with Crippen LogP contribution in [0.25, 0.3) is 0 Å². The maximum absolute atomic E-state index is 3.51. The minimum absolute atomic E-state index is 0.490. The molecule has 2 atom stereocenters. The predicted molar refractivity (Wildman–Crippen MR) is 58.7 cm³/mol. The number of nitrogens with one attached hydrogen (secondary N) is 1. The number of hydrogen-bond acceptors (Lipinski definition) is 1. The molecule has 0 aliphatic heterocycles. The Kier molecular flexibility index (Phi) is 3.73. The van der Waals surface area contributed by atoms with E-state index in [9.17, 15) is 0 Å². The van der Waals surface area contributed by atoms with Gasteiger partial charge in [0, 0.05) is 12.1 Å². The first-order valence-electron chi connectivity index (χ1n) is 5.24. The van der Waals surface area contributed by atoms with Gasteiger partial charge in [-0.2, -0.15) is 0 Å². The van der Waals surface area contributed by atoms with E-state index in [1.807, 2.05) is 0 Å². The monoisotopic (exact) mass is 179 g/mol. The molecule has 1 rings (SSSR count). The molecule has 0 spiro atoms. The summed E-state index contributed by atoms with van der Waals surface area (Å²) in [7, 11) is 0. The van der Waals surface area contributed by atoms with E-state index in [-0.39, 0.29) is 0 Å². The molecular weight excluding hydrogens is 158 g/mol. The Hall–Kier alpha value is -0.560. The predicted octanol–water partition coefficient (Wildman–Crippen LogP) is 2.90. The molecule has 0 aromatic rings. The Labute approximate surface area is 81.9 Å². The highest BCUT2D eigenvalue weighted by Crippen LogP contribution is 2.17. The van der Waals surface area contributed by atoms with Crippen molar-refractivity contribution in [2.75, 3.05) is 0 Å². The second kappa shape index (κ2) is 4.61. The topological polar surface area (TPSA) is 12.0 Å². The zero-order valence-electron chi connectivity index (χ0n) is 9.17. The highest BCUT2D eigenvalue weighted by molar-refractivity contribution is 5.27. The first-order valence-corrected chi connectivity index (χ1v) is 5.24. The van der Waals surface area contributed by atoms with Gasteiger partial charge in [-0.1, -0.05) is 39.0 Å². The highest BCUT2D eigenvalue weighted by Gasteiger charge is 2.10. The van der Waals surface area contributed by atoms with Crippen molar-refractivity contribution < 1.29 is 0 Å². The van der Waals surface area contributed by atoms with Gasteiger partial charge in [0.2, 0.25) is 0 Å². The first-order chi connectivity index (χ1) is 6.09. The molecule has 0 bridgehead atoms. The van der Waals surface area contributed by atoms with E-state index in [0.29, 0.717) is 12.1 Å². The minimum Gasteiger partial charge on any atom is -0.308 e. The summed E-state index contributed by atoms with van der Waals surface area (Å²) < 4.78 is 0. The Morgan fingerprint density at radius 3 is 2.54 bits per heavy atom. The van der Waals surface area contributed by atoms with Crippen molar-refractivity contribution in [1.29, 1.82) is 0 Å². The zero-order chi connectivity index (χ0) is 9.84. The second-order valence-corrected chi connectivity index (χ2v) is 4.32. The molecule has 0 radical (unpaired) electrons. The third kappa shape index (κ3) is 3.35. The number of rotatable bonds is 3. The molecular formula is C12H21N. The van der Waals surface area contributed by atoms with Crippen molar-refractivity contribution in [2.45, 2.75) is 46.2 Å². The smallest absolute Gasteiger partial charge is 0.0290 e. The van der Waals surface area contributed by atoms with Crippen LogP contribution in [0.5, 0.6) is 0 Å². The van der Waals surface area contributed by atoms with Crippen molar-refractivity contribution in [3.05, 3.63) is 23.8 Å². The van der Waals surface area contributed by atoms with Crippen LogP contribution < -0.4 is 5.32 Å². The van der Waals surface area contributed by atoms with Crippen LogP contribution in [-0.4, -0.2) is 12.1 Å². The maximum Gasteiger partial charge on any atom is 0.0290 e. The lowest BCUT2D eigenvalue weighted by Crippen LogP contribution is -2.33. The van der Waals surface area contributed by atoms with Crippen LogP contribution >= 0.6 is 0 Å². The van der Waals surface area contributed by atoms with Gasteiger partial charge in [-0.15, -0.1) is 0 Å². The summed E-state index contributed by atoms with van der Waals surface area (Å²) in [5, 5.41) is 3.51. The molecule has 1 heteroatoms. The summed E-state index contributed by atoms with van der Waals surface area (Å²) in [5.41, 5.74) is 1.44. The summed E-state index contributed by atoms with van der Waals surface area (Å²) >= 11 is 0. The number of hydrogen-bond donors (Lipinski definition) is 1. The molecule has 1 aliphatic carbocycles. The molecule has 1 N–H and O–H groups in total. The summed E-state index contributed by atoms with van der Waals surface area (Å²) in [6, 6.07) is 1.05. The quantitative estimate of drug-likeness (QED) is 0.702. The van der Waals surface area contributed by atoms with Crippen LogP contribution in [0.4, 0.5) is 0 Å². The van der Waals surface area contributed by atoms with Gasteiger partial charge in [0.25, 0.3) is 0 Å². The summed E-state index contributed by atoms with van der Waals surface area (Å²) in [5.74, 6) is 0.718. The fourth-order valence-corrected chi connectivity index (χ4v) is 1.66. The Morgan fingerprint density at radius 1 is 1.38 bits per heavy atom. The lowest BCUT2D eigenvalue weighted by atomic mass is 9.95. The molecule has 0 aromatic carbocycles. The van der Waals surface area contributed by atoms with Gasteiger partial charge in [-0.05, 0) is 24.8 Å². The molecule has 1 aliphatic rings. The Bertz CT molecular complexity index is 213. The average Bonchev–Trinajstić information content (AvgIpc) is 2.04. The summed E-state index contributed by atoms with van der Waals surface area (Å²) in [6.45, 7) is 8.86. The molecule has 0 heterocycles. The highest BCUT2D eigenvalue weighted by atomic mass is 14.9. The SMILES string of the molecule is CC1C=CC(C(C)NC(C)C)=CC1. The van der Waals surface area contributed by atoms with Gasteiger partial charge < -0.3 is 5.32 Å². The lowest BCUT2D eigenvalue weighted by Gasteiger charge is -2.21. The lowest BCUT2D eigenvalue weighted by molar-refractivity contribution is 0.534. The van der Waals surface area contributed by atoms with Crippen LogP contribution in [0, 0.1) is 5.92 Å². The molecule has 1 nitrogen and oxygen atoms in total. The van der Waals surface area contributed by atoms with Crippen LogP contribution in [0.2, 0.25) is 0 Å². The zero-order valence-corrected chi connectivity index (χ0v) is 9.17. The Morgan fingerprint density at radius 2 is 2.08 bits per heavy atom. The number of allylic oxidation sites excluding steroid dienone is 2. The third-order valence-corrected chi connectivity index (χ3v) is 2.43. The molecule has 74 valence electrons. The van der Waals surface area contributed by atoms with Gasteiger partial charge >= 0.3 is 0 Å². The summed E-state index contributed by atoms with van der Waals surface area (Å²) in [6.07, 6.45) is 8.10.